The van der Waals surface area contributed by atoms with Crippen molar-refractivity contribution in [2.45, 2.75) is 32.8 Å². The van der Waals surface area contributed by atoms with Crippen LogP contribution in [0.3, 0.4) is 0 Å². The first kappa shape index (κ1) is 20.4. The summed E-state index contributed by atoms with van der Waals surface area (Å²) in [6, 6.07) is 12.5. The molecule has 0 unspecified atom stereocenters. The summed E-state index contributed by atoms with van der Waals surface area (Å²) in [5, 5.41) is 3.41. The third kappa shape index (κ3) is 5.12. The normalized spacial score (nSPS) is 16.0. The number of halogens is 1. The van der Waals surface area contributed by atoms with Crippen LogP contribution in [0.25, 0.3) is 0 Å². The standard InChI is InChI=1S/C22H25ClN2O3/c1-15-6-3-10-20(16(15)2)24-21(26)14-25(13-19-9-5-11-28-19)22(27)17-7-4-8-18(23)12-17/h3-4,6-8,10,12,19H,5,9,11,13-14H2,1-2H3,(H,24,26)/t19-/m1/s1. The number of carbonyl (C=O) groups excluding carboxylic acids is 2. The lowest BCUT2D eigenvalue weighted by Crippen LogP contribution is -2.42. The van der Waals surface area contributed by atoms with E-state index in [1.807, 2.05) is 32.0 Å². The highest BCUT2D eigenvalue weighted by molar-refractivity contribution is 6.31. The van der Waals surface area contributed by atoms with Crippen LogP contribution in [0.5, 0.6) is 0 Å². The molecule has 0 radical (unpaired) electrons. The second-order valence-corrected chi connectivity index (χ2v) is 7.56. The molecule has 1 aliphatic heterocycles. The molecule has 0 saturated carbocycles. The van der Waals surface area contributed by atoms with E-state index in [4.69, 9.17) is 16.3 Å². The van der Waals surface area contributed by atoms with Crippen LogP contribution in [-0.2, 0) is 9.53 Å². The molecule has 0 spiro atoms. The predicted molar refractivity (Wildman–Crippen MR) is 111 cm³/mol. The fourth-order valence-corrected chi connectivity index (χ4v) is 3.50. The monoisotopic (exact) mass is 400 g/mol. The minimum atomic E-state index is -0.234. The molecule has 1 atom stereocenters. The molecule has 1 saturated heterocycles. The average molecular weight is 401 g/mol. The average Bonchev–Trinajstić information content (AvgIpc) is 3.17. The fraction of sp³-hybridized carbons (Fsp3) is 0.364. The smallest absolute Gasteiger partial charge is 0.254 e. The van der Waals surface area contributed by atoms with Crippen LogP contribution in [-0.4, -0.2) is 42.5 Å². The molecule has 1 N–H and O–H groups in total. The van der Waals surface area contributed by atoms with Gasteiger partial charge in [0, 0.05) is 29.4 Å². The van der Waals surface area contributed by atoms with Gasteiger partial charge in [-0.15, -0.1) is 0 Å². The van der Waals surface area contributed by atoms with Gasteiger partial charge in [-0.3, -0.25) is 9.59 Å². The first-order chi connectivity index (χ1) is 13.4. The van der Waals surface area contributed by atoms with Gasteiger partial charge in [0.1, 0.15) is 6.54 Å². The first-order valence-corrected chi connectivity index (χ1v) is 9.84. The summed E-state index contributed by atoms with van der Waals surface area (Å²) in [7, 11) is 0. The summed E-state index contributed by atoms with van der Waals surface area (Å²) >= 11 is 6.03. The Bertz CT molecular complexity index is 863. The molecule has 2 amide bonds. The summed E-state index contributed by atoms with van der Waals surface area (Å²) in [5.41, 5.74) is 3.34. The zero-order chi connectivity index (χ0) is 20.1. The maximum absolute atomic E-state index is 13.0. The number of anilines is 1. The van der Waals surface area contributed by atoms with Crippen molar-refractivity contribution in [2.75, 3.05) is 25.0 Å². The van der Waals surface area contributed by atoms with Crippen LogP contribution in [0, 0.1) is 13.8 Å². The van der Waals surface area contributed by atoms with Gasteiger partial charge in [-0.05, 0) is 62.1 Å². The Hall–Kier alpha value is -2.37. The van der Waals surface area contributed by atoms with Gasteiger partial charge in [-0.25, -0.2) is 0 Å². The third-order valence-corrected chi connectivity index (χ3v) is 5.26. The topological polar surface area (TPSA) is 58.6 Å². The molecule has 0 aromatic heterocycles. The van der Waals surface area contributed by atoms with Gasteiger partial charge in [0.15, 0.2) is 0 Å². The Kier molecular flexibility index (Phi) is 6.70. The zero-order valence-electron chi connectivity index (χ0n) is 16.2. The SMILES string of the molecule is Cc1cccc(NC(=O)CN(C[C@H]2CCCO2)C(=O)c2cccc(Cl)c2)c1C. The van der Waals surface area contributed by atoms with E-state index < -0.39 is 0 Å². The highest BCUT2D eigenvalue weighted by Gasteiger charge is 2.25. The van der Waals surface area contributed by atoms with Gasteiger partial charge in [-0.1, -0.05) is 29.8 Å². The summed E-state index contributed by atoms with van der Waals surface area (Å²) in [5.74, 6) is -0.462. The molecule has 3 rings (SSSR count). The highest BCUT2D eigenvalue weighted by atomic mass is 35.5. The van der Waals surface area contributed by atoms with E-state index in [1.54, 1.807) is 29.2 Å². The molecule has 2 aromatic rings. The molecule has 1 fully saturated rings. The highest BCUT2D eigenvalue weighted by Crippen LogP contribution is 2.19. The number of rotatable bonds is 6. The number of benzene rings is 2. The third-order valence-electron chi connectivity index (χ3n) is 5.02. The Morgan fingerprint density at radius 3 is 2.71 bits per heavy atom. The van der Waals surface area contributed by atoms with Crippen molar-refractivity contribution in [3.8, 4) is 0 Å². The van der Waals surface area contributed by atoms with E-state index in [9.17, 15) is 9.59 Å². The number of aryl methyl sites for hydroxylation is 1. The number of hydrogen-bond acceptors (Lipinski definition) is 3. The summed E-state index contributed by atoms with van der Waals surface area (Å²) in [6.45, 7) is 4.99. The first-order valence-electron chi connectivity index (χ1n) is 9.46. The van der Waals surface area contributed by atoms with E-state index in [1.165, 1.54) is 0 Å². The molecular weight excluding hydrogens is 376 g/mol. The van der Waals surface area contributed by atoms with E-state index in [-0.39, 0.29) is 24.5 Å². The minimum Gasteiger partial charge on any atom is -0.376 e. The Morgan fingerprint density at radius 1 is 1.21 bits per heavy atom. The van der Waals surface area contributed by atoms with Crippen molar-refractivity contribution in [1.29, 1.82) is 0 Å². The Morgan fingerprint density at radius 2 is 2.00 bits per heavy atom. The van der Waals surface area contributed by atoms with E-state index in [0.29, 0.717) is 23.7 Å². The van der Waals surface area contributed by atoms with Gasteiger partial charge < -0.3 is 15.0 Å². The van der Waals surface area contributed by atoms with Crippen molar-refractivity contribution in [3.05, 3.63) is 64.2 Å². The van der Waals surface area contributed by atoms with Crippen LogP contribution < -0.4 is 5.32 Å². The van der Waals surface area contributed by atoms with Crippen LogP contribution in [0.1, 0.15) is 34.3 Å². The quantitative estimate of drug-likeness (QED) is 0.789. The van der Waals surface area contributed by atoms with Crippen LogP contribution in [0.2, 0.25) is 5.02 Å². The molecule has 2 aromatic carbocycles. The van der Waals surface area contributed by atoms with Crippen LogP contribution in [0.15, 0.2) is 42.5 Å². The van der Waals surface area contributed by atoms with Crippen LogP contribution in [0.4, 0.5) is 5.69 Å². The van der Waals surface area contributed by atoms with Crippen molar-refractivity contribution < 1.29 is 14.3 Å². The Labute approximate surface area is 170 Å². The largest absolute Gasteiger partial charge is 0.376 e. The summed E-state index contributed by atoms with van der Waals surface area (Å²) in [4.78, 5) is 27.3. The summed E-state index contributed by atoms with van der Waals surface area (Å²) < 4.78 is 5.68. The fourth-order valence-electron chi connectivity index (χ4n) is 3.31. The summed E-state index contributed by atoms with van der Waals surface area (Å²) in [6.07, 6.45) is 1.81. The second-order valence-electron chi connectivity index (χ2n) is 7.13. The van der Waals surface area contributed by atoms with Gasteiger partial charge in [-0.2, -0.15) is 0 Å². The van der Waals surface area contributed by atoms with E-state index in [2.05, 4.69) is 5.32 Å². The predicted octanol–water partition coefficient (Wildman–Crippen LogP) is 4.22. The Balaban J connectivity index is 1.75. The number of nitrogens with one attached hydrogen (secondary N) is 1. The molecule has 1 heterocycles. The number of hydrogen-bond donors (Lipinski definition) is 1. The van der Waals surface area contributed by atoms with Crippen molar-refractivity contribution in [2.24, 2.45) is 0 Å². The molecule has 6 heteroatoms. The lowest BCUT2D eigenvalue weighted by atomic mass is 10.1. The lowest BCUT2D eigenvalue weighted by molar-refractivity contribution is -0.117. The van der Waals surface area contributed by atoms with Gasteiger partial charge in [0.2, 0.25) is 5.91 Å². The van der Waals surface area contributed by atoms with Crippen LogP contribution >= 0.6 is 11.6 Å². The maximum Gasteiger partial charge on any atom is 0.254 e. The van der Waals surface area contributed by atoms with Gasteiger partial charge >= 0.3 is 0 Å². The molecule has 148 valence electrons. The zero-order valence-corrected chi connectivity index (χ0v) is 17.0. The molecule has 0 aliphatic carbocycles. The molecule has 28 heavy (non-hydrogen) atoms. The number of ether oxygens (including phenoxy) is 1. The molecular formula is C22H25ClN2O3. The molecule has 1 aliphatic rings. The van der Waals surface area contributed by atoms with Crippen molar-refractivity contribution in [3.63, 3.8) is 0 Å². The maximum atomic E-state index is 13.0. The number of amides is 2. The minimum absolute atomic E-state index is 0.0431. The van der Waals surface area contributed by atoms with E-state index in [0.717, 1.165) is 29.7 Å². The van der Waals surface area contributed by atoms with Crippen molar-refractivity contribution >= 4 is 29.1 Å². The number of nitrogens with zero attached hydrogens (tertiary/aromatic N) is 1. The van der Waals surface area contributed by atoms with Gasteiger partial charge in [0.25, 0.3) is 5.91 Å². The molecule has 0 bridgehead atoms. The van der Waals surface area contributed by atoms with Gasteiger partial charge in [0.05, 0.1) is 6.10 Å². The van der Waals surface area contributed by atoms with E-state index >= 15 is 0 Å². The molecule has 5 nitrogen and oxygen atoms in total. The lowest BCUT2D eigenvalue weighted by Gasteiger charge is -2.25. The number of carbonyl (C=O) groups is 2. The second kappa shape index (κ2) is 9.22. The van der Waals surface area contributed by atoms with Crippen molar-refractivity contribution in [1.82, 2.24) is 4.90 Å².